The highest BCUT2D eigenvalue weighted by Gasteiger charge is 2.68. The highest BCUT2D eigenvalue weighted by molar-refractivity contribution is 5.65. The molecule has 2 unspecified atom stereocenters. The Balaban J connectivity index is 2.93. The molecule has 1 aliphatic rings. The van der Waals surface area contributed by atoms with Gasteiger partial charge in [0.05, 0.1) is 0 Å². The molecular weight excluding hydrogens is 154 g/mol. The highest BCUT2D eigenvalue weighted by atomic mass is 16.3. The molecule has 2 atom stereocenters. The summed E-state index contributed by atoms with van der Waals surface area (Å²) in [6.07, 6.45) is 1.43. The smallest absolute Gasteiger partial charge is 0.151 e. The second-order valence-corrected chi connectivity index (χ2v) is 4.61. The minimum atomic E-state index is -1.27. The predicted octanol–water partition coefficient (Wildman–Crippen LogP) is 0.311. The first-order chi connectivity index (χ1) is 5.33. The Bertz CT molecular complexity index is 211. The van der Waals surface area contributed by atoms with Crippen LogP contribution in [-0.2, 0) is 4.79 Å². The summed E-state index contributed by atoms with van der Waals surface area (Å²) in [5, 5.41) is 9.80. The molecule has 0 aromatic heterocycles. The van der Waals surface area contributed by atoms with Crippen molar-refractivity contribution >= 4 is 6.29 Å². The van der Waals surface area contributed by atoms with Crippen LogP contribution in [0.15, 0.2) is 0 Å². The van der Waals surface area contributed by atoms with Gasteiger partial charge in [0.25, 0.3) is 0 Å². The van der Waals surface area contributed by atoms with Crippen LogP contribution < -0.4 is 5.73 Å². The van der Waals surface area contributed by atoms with Crippen LogP contribution in [0.25, 0.3) is 0 Å². The third kappa shape index (κ3) is 0.930. The standard InChI is InChI=1S/C9H17NO2/c1-7(2)4-9(7,5-10)8(3,12)6-11/h6,12H,4-5,10H2,1-3H3. The first-order valence-electron chi connectivity index (χ1n) is 4.22. The Labute approximate surface area is 72.9 Å². The molecule has 3 N–H and O–H groups in total. The van der Waals surface area contributed by atoms with Gasteiger partial charge in [-0.2, -0.15) is 0 Å². The number of hydrogen-bond acceptors (Lipinski definition) is 3. The van der Waals surface area contributed by atoms with E-state index in [-0.39, 0.29) is 5.41 Å². The van der Waals surface area contributed by atoms with E-state index in [2.05, 4.69) is 0 Å². The van der Waals surface area contributed by atoms with Crippen LogP contribution in [-0.4, -0.2) is 23.5 Å². The maximum absolute atomic E-state index is 10.7. The Morgan fingerprint density at radius 2 is 2.08 bits per heavy atom. The van der Waals surface area contributed by atoms with Gasteiger partial charge in [-0.1, -0.05) is 13.8 Å². The van der Waals surface area contributed by atoms with E-state index in [0.717, 1.165) is 6.42 Å². The molecule has 0 bridgehead atoms. The summed E-state index contributed by atoms with van der Waals surface area (Å²) in [4.78, 5) is 10.7. The zero-order valence-corrected chi connectivity index (χ0v) is 7.92. The molecule has 1 fully saturated rings. The summed E-state index contributed by atoms with van der Waals surface area (Å²) >= 11 is 0. The largest absolute Gasteiger partial charge is 0.382 e. The number of aliphatic hydroxyl groups is 1. The lowest BCUT2D eigenvalue weighted by Gasteiger charge is -2.30. The van der Waals surface area contributed by atoms with Crippen molar-refractivity contribution in [3.05, 3.63) is 0 Å². The molecule has 70 valence electrons. The maximum Gasteiger partial charge on any atom is 0.151 e. The second-order valence-electron chi connectivity index (χ2n) is 4.61. The van der Waals surface area contributed by atoms with Crippen LogP contribution in [0.5, 0.6) is 0 Å². The predicted molar refractivity (Wildman–Crippen MR) is 46.6 cm³/mol. The molecule has 0 spiro atoms. The Kier molecular flexibility index (Phi) is 1.85. The van der Waals surface area contributed by atoms with Gasteiger partial charge in [-0.25, -0.2) is 0 Å². The average Bonchev–Trinajstić information content (AvgIpc) is 2.55. The average molecular weight is 171 g/mol. The van der Waals surface area contributed by atoms with E-state index in [1.807, 2.05) is 13.8 Å². The third-order valence-corrected chi connectivity index (χ3v) is 3.46. The Hall–Kier alpha value is -0.410. The molecule has 0 heterocycles. The van der Waals surface area contributed by atoms with Crippen molar-refractivity contribution in [2.75, 3.05) is 6.54 Å². The van der Waals surface area contributed by atoms with Gasteiger partial charge in [0.2, 0.25) is 0 Å². The molecule has 0 aromatic rings. The van der Waals surface area contributed by atoms with Gasteiger partial charge in [-0.05, 0) is 18.8 Å². The first kappa shape index (κ1) is 9.68. The van der Waals surface area contributed by atoms with Crippen LogP contribution in [0.1, 0.15) is 27.2 Å². The van der Waals surface area contributed by atoms with Gasteiger partial charge in [-0.15, -0.1) is 0 Å². The lowest BCUT2D eigenvalue weighted by Crippen LogP contribution is -2.45. The van der Waals surface area contributed by atoms with E-state index in [1.165, 1.54) is 0 Å². The van der Waals surface area contributed by atoms with Crippen molar-refractivity contribution in [3.8, 4) is 0 Å². The molecule has 1 rings (SSSR count). The first-order valence-corrected chi connectivity index (χ1v) is 4.22. The van der Waals surface area contributed by atoms with Gasteiger partial charge in [-0.3, -0.25) is 0 Å². The lowest BCUT2D eigenvalue weighted by molar-refractivity contribution is -0.130. The molecule has 0 aromatic carbocycles. The molecule has 0 aliphatic heterocycles. The fourth-order valence-electron chi connectivity index (χ4n) is 2.24. The number of rotatable bonds is 3. The highest BCUT2D eigenvalue weighted by Crippen LogP contribution is 2.67. The molecule has 1 aliphatic carbocycles. The van der Waals surface area contributed by atoms with E-state index in [9.17, 15) is 9.90 Å². The van der Waals surface area contributed by atoms with Crippen molar-refractivity contribution < 1.29 is 9.90 Å². The number of hydrogen-bond donors (Lipinski definition) is 2. The molecule has 3 nitrogen and oxygen atoms in total. The monoisotopic (exact) mass is 171 g/mol. The normalized spacial score (nSPS) is 37.1. The van der Waals surface area contributed by atoms with Crippen molar-refractivity contribution in [1.82, 2.24) is 0 Å². The molecule has 0 saturated heterocycles. The third-order valence-electron chi connectivity index (χ3n) is 3.46. The summed E-state index contributed by atoms with van der Waals surface area (Å²) in [5.41, 5.74) is 3.91. The number of carbonyl (C=O) groups excluding carboxylic acids is 1. The van der Waals surface area contributed by atoms with E-state index in [0.29, 0.717) is 12.8 Å². The number of nitrogens with two attached hydrogens (primary N) is 1. The summed E-state index contributed by atoms with van der Waals surface area (Å²) in [6, 6.07) is 0. The minimum absolute atomic E-state index is 0.00778. The van der Waals surface area contributed by atoms with Crippen molar-refractivity contribution in [1.29, 1.82) is 0 Å². The molecule has 3 heteroatoms. The molecule has 0 radical (unpaired) electrons. The molecule has 1 saturated carbocycles. The quantitative estimate of drug-likeness (QED) is 0.601. The second kappa shape index (κ2) is 2.30. The topological polar surface area (TPSA) is 63.3 Å². The SMILES string of the molecule is CC(O)(C=O)C1(CN)CC1(C)C. The van der Waals surface area contributed by atoms with Gasteiger partial charge in [0.15, 0.2) is 6.29 Å². The molecule has 12 heavy (non-hydrogen) atoms. The van der Waals surface area contributed by atoms with Crippen LogP contribution in [0, 0.1) is 10.8 Å². The van der Waals surface area contributed by atoms with Gasteiger partial charge < -0.3 is 15.6 Å². The number of aldehydes is 1. The molecular formula is C9H17NO2. The summed E-state index contributed by atoms with van der Waals surface area (Å²) in [5.74, 6) is 0. The van der Waals surface area contributed by atoms with Crippen LogP contribution in [0.2, 0.25) is 0 Å². The zero-order valence-electron chi connectivity index (χ0n) is 7.92. The molecule has 0 amide bonds. The van der Waals surface area contributed by atoms with Gasteiger partial charge in [0.1, 0.15) is 5.60 Å². The maximum atomic E-state index is 10.7. The minimum Gasteiger partial charge on any atom is -0.382 e. The lowest BCUT2D eigenvalue weighted by atomic mass is 9.81. The fourth-order valence-corrected chi connectivity index (χ4v) is 2.24. The number of carbonyl (C=O) groups is 1. The van der Waals surface area contributed by atoms with E-state index >= 15 is 0 Å². The van der Waals surface area contributed by atoms with E-state index < -0.39 is 11.0 Å². The summed E-state index contributed by atoms with van der Waals surface area (Å²) < 4.78 is 0. The van der Waals surface area contributed by atoms with E-state index in [4.69, 9.17) is 5.73 Å². The van der Waals surface area contributed by atoms with Crippen LogP contribution >= 0.6 is 0 Å². The van der Waals surface area contributed by atoms with Crippen LogP contribution in [0.3, 0.4) is 0 Å². The van der Waals surface area contributed by atoms with Crippen molar-refractivity contribution in [2.24, 2.45) is 16.6 Å². The van der Waals surface area contributed by atoms with Crippen molar-refractivity contribution in [2.45, 2.75) is 32.8 Å². The van der Waals surface area contributed by atoms with Crippen molar-refractivity contribution in [3.63, 3.8) is 0 Å². The van der Waals surface area contributed by atoms with Gasteiger partial charge in [0, 0.05) is 12.0 Å². The van der Waals surface area contributed by atoms with Gasteiger partial charge >= 0.3 is 0 Å². The van der Waals surface area contributed by atoms with E-state index in [1.54, 1.807) is 6.92 Å². The fraction of sp³-hybridized carbons (Fsp3) is 0.889. The van der Waals surface area contributed by atoms with Crippen LogP contribution in [0.4, 0.5) is 0 Å². The zero-order chi connectivity index (χ0) is 9.62. The summed E-state index contributed by atoms with van der Waals surface area (Å²) in [6.45, 7) is 5.96. The Morgan fingerprint density at radius 1 is 1.67 bits per heavy atom. The summed E-state index contributed by atoms with van der Waals surface area (Å²) in [7, 11) is 0. The Morgan fingerprint density at radius 3 is 2.17 bits per heavy atom.